The summed E-state index contributed by atoms with van der Waals surface area (Å²) < 4.78 is 1.02. The Kier molecular flexibility index (Phi) is 3.99. The Morgan fingerprint density at radius 3 is 2.78 bits per heavy atom. The molecule has 5 nitrogen and oxygen atoms in total. The number of nitrogens with one attached hydrogen (secondary N) is 2. The largest absolute Gasteiger partial charge is 0.465 e. The number of amides is 1. The van der Waals surface area contributed by atoms with Crippen molar-refractivity contribution in [1.29, 1.82) is 0 Å². The molecule has 6 heteroatoms. The molecule has 18 heavy (non-hydrogen) atoms. The van der Waals surface area contributed by atoms with Crippen LogP contribution in [0, 0.1) is 0 Å². The van der Waals surface area contributed by atoms with E-state index in [4.69, 9.17) is 5.11 Å². The standard InChI is InChI=1S/C12H12BrN3O2/c13-9-3-1-8(2-4-9)10-7-15-11(16-10)5-6-14-12(17)18/h1-4,7,14H,5-6H2,(H,15,16)(H,17,18). The van der Waals surface area contributed by atoms with Gasteiger partial charge in [-0.3, -0.25) is 0 Å². The van der Waals surface area contributed by atoms with Gasteiger partial charge >= 0.3 is 6.09 Å². The van der Waals surface area contributed by atoms with Gasteiger partial charge in [0.05, 0.1) is 5.69 Å². The second-order valence-electron chi connectivity index (χ2n) is 3.72. The lowest BCUT2D eigenvalue weighted by Gasteiger charge is -1.98. The van der Waals surface area contributed by atoms with Gasteiger partial charge in [0.2, 0.25) is 0 Å². The third-order valence-corrected chi connectivity index (χ3v) is 2.94. The van der Waals surface area contributed by atoms with E-state index in [1.807, 2.05) is 30.5 Å². The van der Waals surface area contributed by atoms with Crippen LogP contribution in [0.15, 0.2) is 34.9 Å². The van der Waals surface area contributed by atoms with Gasteiger partial charge in [0.25, 0.3) is 0 Å². The predicted octanol–water partition coefficient (Wildman–Crippen LogP) is 2.65. The van der Waals surface area contributed by atoms with Gasteiger partial charge in [-0.15, -0.1) is 0 Å². The Labute approximate surface area is 112 Å². The van der Waals surface area contributed by atoms with Gasteiger partial charge in [0.15, 0.2) is 0 Å². The summed E-state index contributed by atoms with van der Waals surface area (Å²) in [5, 5.41) is 10.8. The van der Waals surface area contributed by atoms with Crippen LogP contribution in [-0.4, -0.2) is 27.7 Å². The van der Waals surface area contributed by atoms with Crippen molar-refractivity contribution in [2.24, 2.45) is 0 Å². The smallest absolute Gasteiger partial charge is 0.404 e. The molecule has 0 saturated carbocycles. The number of rotatable bonds is 4. The van der Waals surface area contributed by atoms with Crippen molar-refractivity contribution < 1.29 is 9.90 Å². The van der Waals surface area contributed by atoms with Crippen LogP contribution in [0.25, 0.3) is 11.3 Å². The van der Waals surface area contributed by atoms with Gasteiger partial charge in [-0.2, -0.15) is 0 Å². The van der Waals surface area contributed by atoms with E-state index >= 15 is 0 Å². The number of carboxylic acid groups (broad SMARTS) is 1. The second-order valence-corrected chi connectivity index (χ2v) is 4.64. The molecule has 0 spiro atoms. The summed E-state index contributed by atoms with van der Waals surface area (Å²) in [5.41, 5.74) is 1.87. The maximum Gasteiger partial charge on any atom is 0.404 e. The summed E-state index contributed by atoms with van der Waals surface area (Å²) in [6, 6.07) is 7.85. The fraction of sp³-hybridized carbons (Fsp3) is 0.167. The molecule has 0 saturated heterocycles. The molecule has 94 valence electrons. The number of hydrogen-bond acceptors (Lipinski definition) is 2. The number of benzene rings is 1. The maximum atomic E-state index is 10.3. The number of carbonyl (C=O) groups is 1. The highest BCUT2D eigenvalue weighted by molar-refractivity contribution is 9.10. The van der Waals surface area contributed by atoms with Crippen LogP contribution in [0.4, 0.5) is 4.79 Å². The number of aromatic nitrogens is 2. The molecule has 1 heterocycles. The normalized spacial score (nSPS) is 10.3. The van der Waals surface area contributed by atoms with E-state index in [1.165, 1.54) is 0 Å². The lowest BCUT2D eigenvalue weighted by atomic mass is 10.2. The molecule has 0 fully saturated rings. The zero-order valence-corrected chi connectivity index (χ0v) is 11.1. The fourth-order valence-corrected chi connectivity index (χ4v) is 1.81. The maximum absolute atomic E-state index is 10.3. The van der Waals surface area contributed by atoms with E-state index in [0.29, 0.717) is 13.0 Å². The molecule has 0 bridgehead atoms. The highest BCUT2D eigenvalue weighted by atomic mass is 79.9. The topological polar surface area (TPSA) is 78.0 Å². The molecule has 0 aliphatic carbocycles. The van der Waals surface area contributed by atoms with Gasteiger partial charge in [0.1, 0.15) is 5.82 Å². The lowest BCUT2D eigenvalue weighted by Crippen LogP contribution is -2.23. The first-order chi connectivity index (χ1) is 8.65. The molecule has 0 aliphatic heterocycles. The van der Waals surface area contributed by atoms with Crippen LogP contribution in [-0.2, 0) is 6.42 Å². The van der Waals surface area contributed by atoms with E-state index in [9.17, 15) is 4.79 Å². The number of nitrogens with zero attached hydrogens (tertiary/aromatic N) is 1. The van der Waals surface area contributed by atoms with E-state index in [0.717, 1.165) is 21.6 Å². The van der Waals surface area contributed by atoms with Gasteiger partial charge in [0, 0.05) is 29.2 Å². The monoisotopic (exact) mass is 309 g/mol. The number of halogens is 1. The van der Waals surface area contributed by atoms with E-state index in [2.05, 4.69) is 31.2 Å². The van der Waals surface area contributed by atoms with Gasteiger partial charge in [-0.05, 0) is 12.1 Å². The second kappa shape index (κ2) is 5.68. The van der Waals surface area contributed by atoms with Crippen molar-refractivity contribution in [3.8, 4) is 11.3 Å². The minimum absolute atomic E-state index is 0.350. The summed E-state index contributed by atoms with van der Waals surface area (Å²) in [6.45, 7) is 0.350. The molecule has 1 aromatic carbocycles. The van der Waals surface area contributed by atoms with Crippen molar-refractivity contribution in [1.82, 2.24) is 15.3 Å². The van der Waals surface area contributed by atoms with Crippen LogP contribution in [0.2, 0.25) is 0 Å². The highest BCUT2D eigenvalue weighted by Gasteiger charge is 2.04. The number of hydrogen-bond donors (Lipinski definition) is 3. The van der Waals surface area contributed by atoms with Gasteiger partial charge < -0.3 is 15.4 Å². The number of H-pyrrole nitrogens is 1. The number of aromatic amines is 1. The summed E-state index contributed by atoms with van der Waals surface area (Å²) in [7, 11) is 0. The third-order valence-electron chi connectivity index (χ3n) is 2.41. The molecular formula is C12H12BrN3O2. The Morgan fingerprint density at radius 1 is 1.39 bits per heavy atom. The van der Waals surface area contributed by atoms with E-state index < -0.39 is 6.09 Å². The van der Waals surface area contributed by atoms with E-state index in [-0.39, 0.29) is 0 Å². The number of imidazole rings is 1. The van der Waals surface area contributed by atoms with E-state index in [1.54, 1.807) is 0 Å². The quantitative estimate of drug-likeness (QED) is 0.812. The molecule has 0 aliphatic rings. The summed E-state index contributed by atoms with van der Waals surface area (Å²) in [6.07, 6.45) is 1.34. The fourth-order valence-electron chi connectivity index (χ4n) is 1.55. The first kappa shape index (κ1) is 12.6. The van der Waals surface area contributed by atoms with Crippen molar-refractivity contribution in [2.45, 2.75) is 6.42 Å². The Bertz CT molecular complexity index is 537. The van der Waals surface area contributed by atoms with Crippen molar-refractivity contribution in [3.05, 3.63) is 40.8 Å². The molecule has 0 atom stereocenters. The third kappa shape index (κ3) is 3.33. The Balaban J connectivity index is 2.01. The minimum atomic E-state index is -1.02. The van der Waals surface area contributed by atoms with Crippen LogP contribution in [0.5, 0.6) is 0 Å². The molecule has 1 amide bonds. The van der Waals surface area contributed by atoms with Crippen LogP contribution in [0.3, 0.4) is 0 Å². The molecule has 2 aromatic rings. The lowest BCUT2D eigenvalue weighted by molar-refractivity contribution is 0.194. The molecule has 0 unspecified atom stereocenters. The van der Waals surface area contributed by atoms with Gasteiger partial charge in [-0.25, -0.2) is 9.78 Å². The Hall–Kier alpha value is -1.82. The molecule has 2 rings (SSSR count). The van der Waals surface area contributed by atoms with Crippen LogP contribution >= 0.6 is 15.9 Å². The average molecular weight is 310 g/mol. The molecular weight excluding hydrogens is 298 g/mol. The zero-order valence-electron chi connectivity index (χ0n) is 9.48. The minimum Gasteiger partial charge on any atom is -0.465 e. The predicted molar refractivity (Wildman–Crippen MR) is 71.5 cm³/mol. The average Bonchev–Trinajstić information content (AvgIpc) is 2.78. The van der Waals surface area contributed by atoms with Crippen LogP contribution < -0.4 is 5.32 Å². The SMILES string of the molecule is O=C(O)NCCc1nc(-c2ccc(Br)cc2)c[nH]1. The highest BCUT2D eigenvalue weighted by Crippen LogP contribution is 2.19. The van der Waals surface area contributed by atoms with Crippen LogP contribution in [0.1, 0.15) is 5.82 Å². The van der Waals surface area contributed by atoms with Gasteiger partial charge in [-0.1, -0.05) is 28.1 Å². The first-order valence-electron chi connectivity index (χ1n) is 5.42. The summed E-state index contributed by atoms with van der Waals surface area (Å²) >= 11 is 3.38. The van der Waals surface area contributed by atoms with Crippen molar-refractivity contribution >= 4 is 22.0 Å². The summed E-state index contributed by atoms with van der Waals surface area (Å²) in [5.74, 6) is 0.765. The molecule has 3 N–H and O–H groups in total. The first-order valence-corrected chi connectivity index (χ1v) is 6.21. The van der Waals surface area contributed by atoms with Crippen molar-refractivity contribution in [3.63, 3.8) is 0 Å². The Morgan fingerprint density at radius 2 is 2.11 bits per heavy atom. The molecule has 1 aromatic heterocycles. The zero-order chi connectivity index (χ0) is 13.0. The van der Waals surface area contributed by atoms with Crippen molar-refractivity contribution in [2.75, 3.05) is 6.54 Å². The summed E-state index contributed by atoms with van der Waals surface area (Å²) in [4.78, 5) is 17.7. The molecule has 0 radical (unpaired) electrons.